The van der Waals surface area contributed by atoms with E-state index >= 15 is 0 Å². The highest BCUT2D eigenvalue weighted by Crippen LogP contribution is 2.25. The van der Waals surface area contributed by atoms with Crippen molar-refractivity contribution in [3.8, 4) is 0 Å². The molecule has 2 nitrogen and oxygen atoms in total. The van der Waals surface area contributed by atoms with Gasteiger partial charge in [0, 0.05) is 13.1 Å². The predicted octanol–water partition coefficient (Wildman–Crippen LogP) is 3.75. The van der Waals surface area contributed by atoms with E-state index in [0.29, 0.717) is 17.2 Å². The molecule has 3 heteroatoms. The number of halogens is 1. The van der Waals surface area contributed by atoms with Gasteiger partial charge >= 0.3 is 0 Å². The first-order valence-electron chi connectivity index (χ1n) is 6.53. The van der Waals surface area contributed by atoms with E-state index in [4.69, 9.17) is 0 Å². The van der Waals surface area contributed by atoms with Gasteiger partial charge in [0.2, 0.25) is 0 Å². The van der Waals surface area contributed by atoms with Gasteiger partial charge in [-0.15, -0.1) is 0 Å². The molecule has 0 radical (unpaired) electrons. The van der Waals surface area contributed by atoms with Gasteiger partial charge in [-0.3, -0.25) is 0 Å². The van der Waals surface area contributed by atoms with Gasteiger partial charge in [0.15, 0.2) is 0 Å². The van der Waals surface area contributed by atoms with E-state index in [9.17, 15) is 9.50 Å². The Balaban J connectivity index is 2.89. The lowest BCUT2D eigenvalue weighted by Crippen LogP contribution is -2.30. The summed E-state index contributed by atoms with van der Waals surface area (Å²) in [6.07, 6.45) is 0.389. The van der Waals surface area contributed by atoms with Gasteiger partial charge in [-0.1, -0.05) is 19.9 Å². The second-order valence-corrected chi connectivity index (χ2v) is 5.48. The molecule has 0 aliphatic carbocycles. The average Bonchev–Trinajstić information content (AvgIpc) is 2.26. The first-order chi connectivity index (χ1) is 8.32. The number of anilines is 1. The van der Waals surface area contributed by atoms with Gasteiger partial charge in [-0.2, -0.15) is 0 Å². The van der Waals surface area contributed by atoms with Crippen molar-refractivity contribution in [2.75, 3.05) is 11.9 Å². The van der Waals surface area contributed by atoms with Crippen LogP contribution in [-0.4, -0.2) is 18.2 Å². The maximum absolute atomic E-state index is 14.0. The van der Waals surface area contributed by atoms with Crippen molar-refractivity contribution in [3.05, 3.63) is 29.6 Å². The zero-order valence-corrected chi connectivity index (χ0v) is 11.9. The van der Waals surface area contributed by atoms with Crippen LogP contribution in [0.3, 0.4) is 0 Å². The summed E-state index contributed by atoms with van der Waals surface area (Å²) in [6.45, 7) is 8.07. The quantitative estimate of drug-likeness (QED) is 0.864. The Labute approximate surface area is 109 Å². The molecule has 1 rings (SSSR count). The molecule has 2 atom stereocenters. The van der Waals surface area contributed by atoms with Crippen LogP contribution < -0.4 is 4.90 Å². The van der Waals surface area contributed by atoms with Crippen LogP contribution in [-0.2, 0) is 0 Å². The van der Waals surface area contributed by atoms with E-state index in [-0.39, 0.29) is 11.9 Å². The highest BCUT2D eigenvalue weighted by atomic mass is 19.1. The van der Waals surface area contributed by atoms with E-state index < -0.39 is 6.10 Å². The molecule has 0 saturated carbocycles. The van der Waals surface area contributed by atoms with E-state index in [2.05, 4.69) is 20.8 Å². The van der Waals surface area contributed by atoms with E-state index in [1.807, 2.05) is 11.9 Å². The van der Waals surface area contributed by atoms with Crippen molar-refractivity contribution in [1.82, 2.24) is 0 Å². The molecule has 0 fully saturated rings. The summed E-state index contributed by atoms with van der Waals surface area (Å²) < 4.78 is 14.0. The molecule has 0 aliphatic heterocycles. The molecular weight excluding hydrogens is 229 g/mol. The molecule has 1 aromatic rings. The molecule has 0 spiro atoms. The fourth-order valence-electron chi connectivity index (χ4n) is 2.15. The second kappa shape index (κ2) is 6.19. The molecule has 18 heavy (non-hydrogen) atoms. The fraction of sp³-hybridized carbons (Fsp3) is 0.600. The van der Waals surface area contributed by atoms with E-state index in [1.54, 1.807) is 19.1 Å². The molecule has 102 valence electrons. The van der Waals surface area contributed by atoms with Gasteiger partial charge in [0.05, 0.1) is 11.8 Å². The topological polar surface area (TPSA) is 23.5 Å². The number of hydrogen-bond acceptors (Lipinski definition) is 2. The Morgan fingerprint density at radius 1 is 1.22 bits per heavy atom. The van der Waals surface area contributed by atoms with Gasteiger partial charge < -0.3 is 10.0 Å². The molecule has 0 aliphatic rings. The van der Waals surface area contributed by atoms with Crippen LogP contribution in [0.2, 0.25) is 0 Å². The summed E-state index contributed by atoms with van der Waals surface area (Å²) in [7, 11) is 1.91. The normalized spacial score (nSPS) is 14.7. The number of nitrogens with zero attached hydrogens (tertiary/aromatic N) is 1. The first-order valence-corrected chi connectivity index (χ1v) is 6.53. The molecule has 0 heterocycles. The SMILES string of the molecule is CC(C)CC(C)N(C)c1ccc([C@@H](C)O)cc1F. The summed E-state index contributed by atoms with van der Waals surface area (Å²) in [5, 5.41) is 9.43. The van der Waals surface area contributed by atoms with Gasteiger partial charge in [0.25, 0.3) is 0 Å². The predicted molar refractivity (Wildman–Crippen MR) is 74.4 cm³/mol. The summed E-state index contributed by atoms with van der Waals surface area (Å²) in [6, 6.07) is 5.23. The molecule has 0 saturated heterocycles. The molecule has 0 bridgehead atoms. The van der Waals surface area contributed by atoms with Crippen LogP contribution in [0.25, 0.3) is 0 Å². The number of aliphatic hydroxyl groups excluding tert-OH is 1. The summed E-state index contributed by atoms with van der Waals surface area (Å²) in [4.78, 5) is 1.96. The maximum Gasteiger partial charge on any atom is 0.146 e. The molecule has 1 N–H and O–H groups in total. The molecule has 1 unspecified atom stereocenters. The largest absolute Gasteiger partial charge is 0.389 e. The van der Waals surface area contributed by atoms with Crippen LogP contribution in [0.15, 0.2) is 18.2 Å². The number of benzene rings is 1. The highest BCUT2D eigenvalue weighted by Gasteiger charge is 2.16. The minimum absolute atomic E-state index is 0.272. The number of rotatable bonds is 5. The summed E-state index contributed by atoms with van der Waals surface area (Å²) in [5.74, 6) is 0.314. The Kier molecular flexibility index (Phi) is 5.15. The zero-order chi connectivity index (χ0) is 13.9. The van der Waals surface area contributed by atoms with Gasteiger partial charge in [-0.05, 0) is 43.9 Å². The zero-order valence-electron chi connectivity index (χ0n) is 11.9. The Morgan fingerprint density at radius 2 is 1.83 bits per heavy atom. The van der Waals surface area contributed by atoms with Gasteiger partial charge in [0.1, 0.15) is 5.82 Å². The average molecular weight is 253 g/mol. The van der Waals surface area contributed by atoms with Crippen LogP contribution in [0.1, 0.15) is 45.8 Å². The smallest absolute Gasteiger partial charge is 0.146 e. The summed E-state index contributed by atoms with van der Waals surface area (Å²) in [5.41, 5.74) is 1.20. The minimum Gasteiger partial charge on any atom is -0.389 e. The Morgan fingerprint density at radius 3 is 2.28 bits per heavy atom. The van der Waals surface area contributed by atoms with Crippen molar-refractivity contribution in [2.24, 2.45) is 5.92 Å². The Bertz CT molecular complexity index is 390. The van der Waals surface area contributed by atoms with Gasteiger partial charge in [-0.25, -0.2) is 4.39 Å². The molecular formula is C15H24FNO. The van der Waals surface area contributed by atoms with Crippen molar-refractivity contribution in [3.63, 3.8) is 0 Å². The van der Waals surface area contributed by atoms with Crippen LogP contribution in [0, 0.1) is 11.7 Å². The van der Waals surface area contributed by atoms with E-state index in [1.165, 1.54) is 6.07 Å². The third-order valence-corrected chi connectivity index (χ3v) is 3.31. The fourth-order valence-corrected chi connectivity index (χ4v) is 2.15. The molecule has 0 aromatic heterocycles. The lowest BCUT2D eigenvalue weighted by atomic mass is 10.0. The summed E-state index contributed by atoms with van der Waals surface area (Å²) >= 11 is 0. The van der Waals surface area contributed by atoms with Crippen molar-refractivity contribution in [1.29, 1.82) is 0 Å². The monoisotopic (exact) mass is 253 g/mol. The van der Waals surface area contributed by atoms with E-state index in [0.717, 1.165) is 6.42 Å². The van der Waals surface area contributed by atoms with Crippen LogP contribution in [0.4, 0.5) is 10.1 Å². The van der Waals surface area contributed by atoms with Crippen molar-refractivity contribution >= 4 is 5.69 Å². The third kappa shape index (κ3) is 3.70. The van der Waals surface area contributed by atoms with Crippen molar-refractivity contribution in [2.45, 2.75) is 46.3 Å². The number of hydrogen-bond donors (Lipinski definition) is 1. The molecule has 1 aromatic carbocycles. The lowest BCUT2D eigenvalue weighted by molar-refractivity contribution is 0.199. The van der Waals surface area contributed by atoms with Crippen LogP contribution in [0.5, 0.6) is 0 Å². The lowest BCUT2D eigenvalue weighted by Gasteiger charge is -2.29. The molecule has 0 amide bonds. The van der Waals surface area contributed by atoms with Crippen molar-refractivity contribution < 1.29 is 9.50 Å². The first kappa shape index (κ1) is 15.0. The minimum atomic E-state index is -0.632. The third-order valence-electron chi connectivity index (χ3n) is 3.31. The standard InChI is InChI=1S/C15H24FNO/c1-10(2)8-11(3)17(5)15-7-6-13(12(4)18)9-14(15)16/h6-7,9-12,18H,8H2,1-5H3/t11?,12-/m1/s1. The highest BCUT2D eigenvalue weighted by molar-refractivity contribution is 5.49. The van der Waals surface area contributed by atoms with Crippen LogP contribution >= 0.6 is 0 Å². The Hall–Kier alpha value is -1.09. The number of aliphatic hydroxyl groups is 1. The second-order valence-electron chi connectivity index (χ2n) is 5.48. The maximum atomic E-state index is 14.0.